The van der Waals surface area contributed by atoms with E-state index < -0.39 is 5.91 Å². The second-order valence-corrected chi connectivity index (χ2v) is 9.52. The lowest BCUT2D eigenvalue weighted by atomic mass is 10.0. The summed E-state index contributed by atoms with van der Waals surface area (Å²) in [4.78, 5) is 43.2. The summed E-state index contributed by atoms with van der Waals surface area (Å²) < 4.78 is 1.64. The third-order valence-corrected chi connectivity index (χ3v) is 7.19. The van der Waals surface area contributed by atoms with Gasteiger partial charge in [-0.05, 0) is 49.6 Å². The molecule has 31 heavy (non-hydrogen) atoms. The number of rotatable bonds is 6. The number of amides is 3. The number of carbonyl (C=O) groups excluding carboxylic acids is 3. The van der Waals surface area contributed by atoms with Crippen molar-refractivity contribution in [3.8, 4) is 0 Å². The smallest absolute Gasteiger partial charge is 0.256 e. The molecule has 1 aliphatic rings. The number of benzene rings is 2. The van der Waals surface area contributed by atoms with Crippen molar-refractivity contribution in [3.63, 3.8) is 0 Å². The summed E-state index contributed by atoms with van der Waals surface area (Å²) in [5.74, 6) is -0.645. The highest BCUT2D eigenvalue weighted by Gasteiger charge is 2.23. The number of fused-ring (bicyclic) bond motifs is 1. The number of piperidine rings is 1. The molecule has 0 bridgehead atoms. The van der Waals surface area contributed by atoms with Crippen LogP contribution in [0.2, 0.25) is 0 Å². The first kappa shape index (κ1) is 21.3. The van der Waals surface area contributed by atoms with Gasteiger partial charge in [0.05, 0.1) is 27.1 Å². The zero-order valence-electron chi connectivity index (χ0n) is 16.8. The number of hydrogen-bond acceptors (Lipinski definition) is 6. The quantitative estimate of drug-likeness (QED) is 0.552. The number of thioether (sulfide) groups is 1. The number of likely N-dealkylation sites (tertiary alicyclic amines) is 1. The van der Waals surface area contributed by atoms with E-state index in [4.69, 9.17) is 5.73 Å². The molecule has 7 nitrogen and oxygen atoms in total. The Morgan fingerprint density at radius 3 is 2.55 bits per heavy atom. The SMILES string of the molecule is NC(=O)CSc1nc2ccc(NC(=O)c3ccccc3C(=O)N3CCCCC3)cc2s1. The van der Waals surface area contributed by atoms with Crippen LogP contribution >= 0.6 is 23.1 Å². The van der Waals surface area contributed by atoms with Gasteiger partial charge in [0.2, 0.25) is 5.91 Å². The van der Waals surface area contributed by atoms with E-state index in [2.05, 4.69) is 10.3 Å². The van der Waals surface area contributed by atoms with Crippen LogP contribution in [-0.2, 0) is 4.79 Å². The largest absolute Gasteiger partial charge is 0.369 e. The number of anilines is 1. The lowest BCUT2D eigenvalue weighted by Gasteiger charge is -2.27. The molecule has 4 rings (SSSR count). The maximum atomic E-state index is 13.0. The first-order valence-corrected chi connectivity index (χ1v) is 11.8. The van der Waals surface area contributed by atoms with Crippen molar-refractivity contribution < 1.29 is 14.4 Å². The van der Waals surface area contributed by atoms with Gasteiger partial charge in [-0.3, -0.25) is 14.4 Å². The zero-order chi connectivity index (χ0) is 21.8. The summed E-state index contributed by atoms with van der Waals surface area (Å²) in [7, 11) is 0. The van der Waals surface area contributed by atoms with Crippen molar-refractivity contribution in [2.75, 3.05) is 24.2 Å². The molecule has 1 saturated heterocycles. The maximum absolute atomic E-state index is 13.0. The number of thiazole rings is 1. The molecule has 1 aliphatic heterocycles. The number of primary amides is 1. The van der Waals surface area contributed by atoms with Crippen LogP contribution in [0.3, 0.4) is 0 Å². The molecule has 0 spiro atoms. The number of nitrogens with zero attached hydrogens (tertiary/aromatic N) is 2. The molecular formula is C22H22N4O3S2. The highest BCUT2D eigenvalue weighted by molar-refractivity contribution is 8.01. The first-order valence-electron chi connectivity index (χ1n) is 10.0. The molecule has 3 aromatic rings. The average molecular weight is 455 g/mol. The van der Waals surface area contributed by atoms with E-state index in [0.717, 1.165) is 46.9 Å². The molecule has 0 radical (unpaired) electrons. The van der Waals surface area contributed by atoms with Gasteiger partial charge >= 0.3 is 0 Å². The van der Waals surface area contributed by atoms with Crippen LogP contribution in [0.4, 0.5) is 5.69 Å². The second kappa shape index (κ2) is 9.49. The number of nitrogens with two attached hydrogens (primary N) is 1. The Hall–Kier alpha value is -2.91. The van der Waals surface area contributed by atoms with Crippen molar-refractivity contribution in [2.45, 2.75) is 23.6 Å². The van der Waals surface area contributed by atoms with Crippen LogP contribution in [-0.4, -0.2) is 46.4 Å². The molecule has 3 N–H and O–H groups in total. The lowest BCUT2D eigenvalue weighted by molar-refractivity contribution is -0.115. The van der Waals surface area contributed by atoms with Gasteiger partial charge in [-0.25, -0.2) is 4.98 Å². The van der Waals surface area contributed by atoms with Gasteiger partial charge < -0.3 is 16.0 Å². The molecule has 1 fully saturated rings. The third kappa shape index (κ3) is 5.05. The topological polar surface area (TPSA) is 105 Å². The van der Waals surface area contributed by atoms with Crippen LogP contribution in [0, 0.1) is 0 Å². The minimum atomic E-state index is -0.394. The Labute approximate surface area is 188 Å². The molecule has 2 heterocycles. The van der Waals surface area contributed by atoms with Crippen LogP contribution < -0.4 is 11.1 Å². The number of hydrogen-bond donors (Lipinski definition) is 2. The molecular weight excluding hydrogens is 432 g/mol. The molecule has 160 valence electrons. The Morgan fingerprint density at radius 1 is 1.06 bits per heavy atom. The fourth-order valence-electron chi connectivity index (χ4n) is 3.51. The van der Waals surface area contributed by atoms with Crippen molar-refractivity contribution in [2.24, 2.45) is 5.73 Å². The molecule has 1 aromatic heterocycles. The fraction of sp³-hybridized carbons (Fsp3) is 0.273. The monoisotopic (exact) mass is 454 g/mol. The predicted molar refractivity (Wildman–Crippen MR) is 124 cm³/mol. The molecule has 3 amide bonds. The van der Waals surface area contributed by atoms with Gasteiger partial charge in [-0.1, -0.05) is 23.9 Å². The summed E-state index contributed by atoms with van der Waals surface area (Å²) in [5, 5.41) is 2.90. The van der Waals surface area contributed by atoms with E-state index in [1.54, 1.807) is 30.3 Å². The Kier molecular flexibility index (Phi) is 6.53. The minimum Gasteiger partial charge on any atom is -0.369 e. The summed E-state index contributed by atoms with van der Waals surface area (Å²) in [6.07, 6.45) is 3.12. The Morgan fingerprint density at radius 2 is 1.81 bits per heavy atom. The van der Waals surface area contributed by atoms with E-state index in [-0.39, 0.29) is 17.6 Å². The van der Waals surface area contributed by atoms with Crippen molar-refractivity contribution in [3.05, 3.63) is 53.6 Å². The summed E-state index contributed by atoms with van der Waals surface area (Å²) in [6, 6.07) is 12.4. The highest BCUT2D eigenvalue weighted by atomic mass is 32.2. The molecule has 9 heteroatoms. The molecule has 0 unspecified atom stereocenters. The van der Waals surface area contributed by atoms with Gasteiger partial charge in [0, 0.05) is 18.8 Å². The third-order valence-electron chi connectivity index (χ3n) is 5.01. The number of carbonyl (C=O) groups is 3. The zero-order valence-corrected chi connectivity index (χ0v) is 18.4. The molecule has 2 aromatic carbocycles. The van der Waals surface area contributed by atoms with Crippen LogP contribution in [0.15, 0.2) is 46.8 Å². The first-order chi connectivity index (χ1) is 15.0. The van der Waals surface area contributed by atoms with Gasteiger partial charge in [0.1, 0.15) is 0 Å². The normalized spacial score (nSPS) is 13.9. The van der Waals surface area contributed by atoms with Gasteiger partial charge in [-0.15, -0.1) is 11.3 Å². The van der Waals surface area contributed by atoms with E-state index in [0.29, 0.717) is 16.8 Å². The number of nitrogens with one attached hydrogen (secondary N) is 1. The molecule has 0 saturated carbocycles. The van der Waals surface area contributed by atoms with E-state index in [9.17, 15) is 14.4 Å². The van der Waals surface area contributed by atoms with Crippen LogP contribution in [0.25, 0.3) is 10.2 Å². The lowest BCUT2D eigenvalue weighted by Crippen LogP contribution is -2.36. The summed E-state index contributed by atoms with van der Waals surface area (Å²) in [6.45, 7) is 1.46. The van der Waals surface area contributed by atoms with E-state index >= 15 is 0 Å². The second-order valence-electron chi connectivity index (χ2n) is 7.27. The number of aromatic nitrogens is 1. The van der Waals surface area contributed by atoms with Crippen molar-refractivity contribution in [1.29, 1.82) is 0 Å². The van der Waals surface area contributed by atoms with Gasteiger partial charge in [0.15, 0.2) is 4.34 Å². The van der Waals surface area contributed by atoms with E-state index in [1.165, 1.54) is 23.1 Å². The summed E-state index contributed by atoms with van der Waals surface area (Å²) in [5.41, 5.74) is 7.38. The average Bonchev–Trinajstić information content (AvgIpc) is 3.20. The van der Waals surface area contributed by atoms with Crippen LogP contribution in [0.1, 0.15) is 40.0 Å². The maximum Gasteiger partial charge on any atom is 0.256 e. The van der Waals surface area contributed by atoms with Crippen molar-refractivity contribution >= 4 is 56.7 Å². The Balaban J connectivity index is 1.52. The molecule has 0 aliphatic carbocycles. The predicted octanol–water partition coefficient (Wildman–Crippen LogP) is 3.75. The Bertz CT molecular complexity index is 1140. The fourth-order valence-corrected chi connectivity index (χ4v) is 5.36. The van der Waals surface area contributed by atoms with E-state index in [1.807, 2.05) is 17.0 Å². The minimum absolute atomic E-state index is 0.0977. The van der Waals surface area contributed by atoms with Crippen molar-refractivity contribution in [1.82, 2.24) is 9.88 Å². The highest BCUT2D eigenvalue weighted by Crippen LogP contribution is 2.31. The standard InChI is InChI=1S/C22H22N4O3S2/c23-19(27)13-30-22-25-17-9-8-14(12-18(17)31-22)24-20(28)15-6-2-3-7-16(15)21(29)26-10-4-1-5-11-26/h2-3,6-9,12H,1,4-5,10-11,13H2,(H2,23,27)(H,24,28). The molecule has 0 atom stereocenters. The van der Waals surface area contributed by atoms with Gasteiger partial charge in [0.25, 0.3) is 11.8 Å². The summed E-state index contributed by atoms with van der Waals surface area (Å²) >= 11 is 2.73. The van der Waals surface area contributed by atoms with Crippen LogP contribution in [0.5, 0.6) is 0 Å². The van der Waals surface area contributed by atoms with Gasteiger partial charge in [-0.2, -0.15) is 0 Å².